The number of hydrogen-bond donors (Lipinski definition) is 1. The van der Waals surface area contributed by atoms with E-state index in [-0.39, 0.29) is 5.57 Å². The molecule has 1 fully saturated rings. The van der Waals surface area contributed by atoms with Crippen LogP contribution in [-0.4, -0.2) is 22.4 Å². The summed E-state index contributed by atoms with van der Waals surface area (Å²) in [6, 6.07) is 8.31. The summed E-state index contributed by atoms with van der Waals surface area (Å²) in [7, 11) is 1.92. The molecule has 0 spiro atoms. The molecule has 3 rings (SSSR count). The standard InChI is InChI=1S/C20H21N3O3/c1-5-14-6-8-16(9-7-14)23-19(25)17(18(24)21-20(23)26)11-15-10-12(2)22(4)13(15)3/h6-11H,5H2,1-4H3,(H,21,24,26)/b17-11+. The van der Waals surface area contributed by atoms with E-state index in [2.05, 4.69) is 5.32 Å². The number of rotatable bonds is 3. The molecule has 26 heavy (non-hydrogen) atoms. The summed E-state index contributed by atoms with van der Waals surface area (Å²) < 4.78 is 1.98. The fraction of sp³-hybridized carbons (Fsp3) is 0.250. The highest BCUT2D eigenvalue weighted by Gasteiger charge is 2.36. The highest BCUT2D eigenvalue weighted by Crippen LogP contribution is 2.24. The molecule has 6 nitrogen and oxygen atoms in total. The summed E-state index contributed by atoms with van der Waals surface area (Å²) in [4.78, 5) is 38.4. The molecule has 1 N–H and O–H groups in total. The van der Waals surface area contributed by atoms with Crippen LogP contribution in [0.5, 0.6) is 0 Å². The number of carbonyl (C=O) groups excluding carboxylic acids is 3. The van der Waals surface area contributed by atoms with Crippen LogP contribution in [0.4, 0.5) is 10.5 Å². The Bertz CT molecular complexity index is 936. The van der Waals surface area contributed by atoms with Crippen LogP contribution in [0.3, 0.4) is 0 Å². The van der Waals surface area contributed by atoms with Crippen molar-refractivity contribution in [1.29, 1.82) is 0 Å². The molecule has 1 aromatic carbocycles. The normalized spacial score (nSPS) is 16.4. The Labute approximate surface area is 152 Å². The predicted molar refractivity (Wildman–Crippen MR) is 99.7 cm³/mol. The van der Waals surface area contributed by atoms with Gasteiger partial charge in [-0.2, -0.15) is 0 Å². The van der Waals surface area contributed by atoms with Gasteiger partial charge in [0.2, 0.25) is 0 Å². The Kier molecular flexibility index (Phi) is 4.50. The van der Waals surface area contributed by atoms with Gasteiger partial charge in [0.1, 0.15) is 5.57 Å². The Balaban J connectivity index is 2.02. The third-order valence-electron chi connectivity index (χ3n) is 4.82. The first kappa shape index (κ1) is 17.7. The Morgan fingerprint density at radius 1 is 1.08 bits per heavy atom. The molecular formula is C20H21N3O3. The van der Waals surface area contributed by atoms with Crippen LogP contribution in [0.2, 0.25) is 0 Å². The van der Waals surface area contributed by atoms with Crippen molar-refractivity contribution in [2.24, 2.45) is 7.05 Å². The summed E-state index contributed by atoms with van der Waals surface area (Å²) in [6.45, 7) is 5.89. The Hall–Kier alpha value is -3.15. The van der Waals surface area contributed by atoms with E-state index in [0.29, 0.717) is 5.69 Å². The number of carbonyl (C=O) groups is 3. The van der Waals surface area contributed by atoms with Crippen LogP contribution < -0.4 is 10.2 Å². The lowest BCUT2D eigenvalue weighted by atomic mass is 10.1. The number of urea groups is 1. The van der Waals surface area contributed by atoms with Crippen LogP contribution in [0.15, 0.2) is 35.9 Å². The summed E-state index contributed by atoms with van der Waals surface area (Å²) >= 11 is 0. The second-order valence-corrected chi connectivity index (χ2v) is 6.36. The largest absolute Gasteiger partial charge is 0.352 e. The lowest BCUT2D eigenvalue weighted by Gasteiger charge is -2.26. The van der Waals surface area contributed by atoms with Gasteiger partial charge in [0.05, 0.1) is 5.69 Å². The van der Waals surface area contributed by atoms with Gasteiger partial charge < -0.3 is 4.57 Å². The zero-order chi connectivity index (χ0) is 19.0. The molecule has 0 aliphatic carbocycles. The maximum Gasteiger partial charge on any atom is 0.335 e. The lowest BCUT2D eigenvalue weighted by molar-refractivity contribution is -0.122. The van der Waals surface area contributed by atoms with E-state index in [1.165, 1.54) is 0 Å². The fourth-order valence-electron chi connectivity index (χ4n) is 2.96. The maximum atomic E-state index is 12.9. The number of nitrogens with zero attached hydrogens (tertiary/aromatic N) is 2. The average Bonchev–Trinajstić information content (AvgIpc) is 2.86. The van der Waals surface area contributed by atoms with Gasteiger partial charge in [-0.05, 0) is 55.7 Å². The van der Waals surface area contributed by atoms with Crippen LogP contribution in [0.25, 0.3) is 6.08 Å². The van der Waals surface area contributed by atoms with Crippen molar-refractivity contribution in [2.75, 3.05) is 4.90 Å². The van der Waals surface area contributed by atoms with E-state index < -0.39 is 17.8 Å². The monoisotopic (exact) mass is 351 g/mol. The molecule has 0 atom stereocenters. The maximum absolute atomic E-state index is 12.9. The molecule has 2 heterocycles. The minimum atomic E-state index is -0.734. The van der Waals surface area contributed by atoms with Gasteiger partial charge in [-0.25, -0.2) is 9.69 Å². The van der Waals surface area contributed by atoms with E-state index >= 15 is 0 Å². The average molecular weight is 351 g/mol. The van der Waals surface area contributed by atoms with Crippen LogP contribution in [0, 0.1) is 13.8 Å². The van der Waals surface area contributed by atoms with E-state index in [4.69, 9.17) is 0 Å². The zero-order valence-corrected chi connectivity index (χ0v) is 15.3. The fourth-order valence-corrected chi connectivity index (χ4v) is 2.96. The van der Waals surface area contributed by atoms with Crippen LogP contribution in [0.1, 0.15) is 29.4 Å². The second kappa shape index (κ2) is 6.63. The molecule has 0 unspecified atom stereocenters. The van der Waals surface area contributed by atoms with Gasteiger partial charge >= 0.3 is 6.03 Å². The number of hydrogen-bond acceptors (Lipinski definition) is 3. The van der Waals surface area contributed by atoms with E-state index in [0.717, 1.165) is 33.8 Å². The molecule has 2 aromatic rings. The molecule has 0 bridgehead atoms. The number of imide groups is 2. The Morgan fingerprint density at radius 3 is 2.27 bits per heavy atom. The van der Waals surface area contributed by atoms with Gasteiger partial charge in [-0.15, -0.1) is 0 Å². The molecule has 1 aliphatic rings. The highest BCUT2D eigenvalue weighted by atomic mass is 16.2. The van der Waals surface area contributed by atoms with Crippen molar-refractivity contribution in [3.8, 4) is 0 Å². The van der Waals surface area contributed by atoms with Gasteiger partial charge in [0.25, 0.3) is 11.8 Å². The first-order chi connectivity index (χ1) is 12.3. The molecule has 0 saturated carbocycles. The van der Waals surface area contributed by atoms with Gasteiger partial charge in [0.15, 0.2) is 0 Å². The molecule has 1 aromatic heterocycles. The number of aromatic nitrogens is 1. The van der Waals surface area contributed by atoms with Crippen molar-refractivity contribution < 1.29 is 14.4 Å². The number of nitrogens with one attached hydrogen (secondary N) is 1. The van der Waals surface area contributed by atoms with Gasteiger partial charge in [0, 0.05) is 18.4 Å². The molecule has 134 valence electrons. The number of amides is 4. The minimum Gasteiger partial charge on any atom is -0.352 e. The quantitative estimate of drug-likeness (QED) is 0.683. The van der Waals surface area contributed by atoms with Crippen molar-refractivity contribution in [1.82, 2.24) is 9.88 Å². The summed E-state index contributed by atoms with van der Waals surface area (Å²) in [5.41, 5.74) is 4.20. The third-order valence-corrected chi connectivity index (χ3v) is 4.82. The topological polar surface area (TPSA) is 71.4 Å². The van der Waals surface area contributed by atoms with E-state index in [1.807, 2.05) is 50.6 Å². The first-order valence-electron chi connectivity index (χ1n) is 8.46. The van der Waals surface area contributed by atoms with Gasteiger partial charge in [-0.1, -0.05) is 19.1 Å². The smallest absolute Gasteiger partial charge is 0.335 e. The molecule has 6 heteroatoms. The van der Waals surface area contributed by atoms with Crippen molar-refractivity contribution in [2.45, 2.75) is 27.2 Å². The lowest BCUT2D eigenvalue weighted by Crippen LogP contribution is -2.54. The van der Waals surface area contributed by atoms with E-state index in [1.54, 1.807) is 18.2 Å². The molecule has 4 amide bonds. The third kappa shape index (κ3) is 2.94. The molecule has 1 aliphatic heterocycles. The van der Waals surface area contributed by atoms with Crippen molar-refractivity contribution in [3.63, 3.8) is 0 Å². The van der Waals surface area contributed by atoms with Crippen LogP contribution >= 0.6 is 0 Å². The highest BCUT2D eigenvalue weighted by molar-refractivity contribution is 6.39. The van der Waals surface area contributed by atoms with Crippen LogP contribution in [-0.2, 0) is 23.1 Å². The second-order valence-electron chi connectivity index (χ2n) is 6.36. The number of anilines is 1. The minimum absolute atomic E-state index is 0.0575. The predicted octanol–water partition coefficient (Wildman–Crippen LogP) is 2.87. The van der Waals surface area contributed by atoms with E-state index in [9.17, 15) is 14.4 Å². The molecule has 0 radical (unpaired) electrons. The molecular weight excluding hydrogens is 330 g/mol. The zero-order valence-electron chi connectivity index (χ0n) is 15.3. The summed E-state index contributed by atoms with van der Waals surface area (Å²) in [5, 5.41) is 2.25. The number of benzene rings is 1. The molecule has 1 saturated heterocycles. The van der Waals surface area contributed by atoms with Crippen molar-refractivity contribution >= 4 is 29.6 Å². The van der Waals surface area contributed by atoms with Gasteiger partial charge in [-0.3, -0.25) is 14.9 Å². The Morgan fingerprint density at radius 2 is 1.73 bits per heavy atom. The first-order valence-corrected chi connectivity index (χ1v) is 8.46. The van der Waals surface area contributed by atoms with Crippen molar-refractivity contribution in [3.05, 3.63) is 58.4 Å². The number of barbiturate groups is 1. The SMILES string of the molecule is CCc1ccc(N2C(=O)NC(=O)/C(=C\c3cc(C)n(C)c3C)C2=O)cc1. The number of aryl methyl sites for hydroxylation is 2. The summed E-state index contributed by atoms with van der Waals surface area (Å²) in [5.74, 6) is -1.30. The summed E-state index contributed by atoms with van der Waals surface area (Å²) in [6.07, 6.45) is 2.40.